The first-order chi connectivity index (χ1) is 12.1. The van der Waals surface area contributed by atoms with Gasteiger partial charge in [0.15, 0.2) is 5.76 Å². The van der Waals surface area contributed by atoms with Gasteiger partial charge in [-0.05, 0) is 42.5 Å². The molecule has 128 valence electrons. The van der Waals surface area contributed by atoms with Crippen molar-refractivity contribution in [1.82, 2.24) is 5.32 Å². The molecule has 0 saturated carbocycles. The molecule has 2 amide bonds. The van der Waals surface area contributed by atoms with Crippen molar-refractivity contribution in [3.8, 4) is 0 Å². The standard InChI is InChI=1S/C18H16N2O5/c21-14(15-6-2-8-24-15)11-19-17(22)12-4-1-5-13(10-12)20-18(23)16-7-3-9-25-16/h1-10,14,21H,11H2,(H,19,22)(H,20,23). The molecule has 1 unspecified atom stereocenters. The van der Waals surface area contributed by atoms with Gasteiger partial charge in [0.05, 0.1) is 19.1 Å². The highest BCUT2D eigenvalue weighted by molar-refractivity contribution is 6.03. The van der Waals surface area contributed by atoms with E-state index in [9.17, 15) is 14.7 Å². The van der Waals surface area contributed by atoms with Gasteiger partial charge in [-0.2, -0.15) is 0 Å². The van der Waals surface area contributed by atoms with Crippen LogP contribution in [0.25, 0.3) is 0 Å². The number of aliphatic hydroxyl groups is 1. The van der Waals surface area contributed by atoms with Crippen LogP contribution in [0, 0.1) is 0 Å². The molecule has 0 bridgehead atoms. The van der Waals surface area contributed by atoms with Crippen LogP contribution in [-0.4, -0.2) is 23.5 Å². The van der Waals surface area contributed by atoms with Crippen LogP contribution < -0.4 is 10.6 Å². The molecule has 3 rings (SSSR count). The van der Waals surface area contributed by atoms with Gasteiger partial charge >= 0.3 is 0 Å². The predicted molar refractivity (Wildman–Crippen MR) is 89.1 cm³/mol. The van der Waals surface area contributed by atoms with Gasteiger partial charge < -0.3 is 24.6 Å². The lowest BCUT2D eigenvalue weighted by molar-refractivity contribution is 0.0900. The second-order valence-electron chi connectivity index (χ2n) is 5.25. The van der Waals surface area contributed by atoms with E-state index in [2.05, 4.69) is 10.6 Å². The normalized spacial score (nSPS) is 11.7. The number of rotatable bonds is 6. The van der Waals surface area contributed by atoms with Crippen LogP contribution in [0.4, 0.5) is 5.69 Å². The van der Waals surface area contributed by atoms with Crippen LogP contribution >= 0.6 is 0 Å². The van der Waals surface area contributed by atoms with E-state index >= 15 is 0 Å². The predicted octanol–water partition coefficient (Wildman–Crippen LogP) is 2.59. The fourth-order valence-electron chi connectivity index (χ4n) is 2.21. The third-order valence-electron chi connectivity index (χ3n) is 3.46. The minimum Gasteiger partial charge on any atom is -0.467 e. The fraction of sp³-hybridized carbons (Fsp3) is 0.111. The molecule has 2 aromatic heterocycles. The average molecular weight is 340 g/mol. The van der Waals surface area contributed by atoms with E-state index in [1.54, 1.807) is 42.5 Å². The second-order valence-corrected chi connectivity index (χ2v) is 5.25. The summed E-state index contributed by atoms with van der Waals surface area (Å²) in [6, 6.07) is 12.9. The molecular weight excluding hydrogens is 324 g/mol. The maximum atomic E-state index is 12.2. The van der Waals surface area contributed by atoms with Crippen LogP contribution in [0.15, 0.2) is 69.9 Å². The van der Waals surface area contributed by atoms with E-state index in [1.807, 2.05) is 0 Å². The molecule has 3 aromatic rings. The summed E-state index contributed by atoms with van der Waals surface area (Å²) in [5.74, 6) is -0.230. The van der Waals surface area contributed by atoms with E-state index in [1.165, 1.54) is 18.6 Å². The zero-order valence-corrected chi connectivity index (χ0v) is 13.1. The summed E-state index contributed by atoms with van der Waals surface area (Å²) in [6.45, 7) is 0.00925. The van der Waals surface area contributed by atoms with Crippen LogP contribution in [0.1, 0.15) is 32.8 Å². The maximum absolute atomic E-state index is 12.2. The van der Waals surface area contributed by atoms with Crippen molar-refractivity contribution in [2.75, 3.05) is 11.9 Å². The van der Waals surface area contributed by atoms with Crippen molar-refractivity contribution >= 4 is 17.5 Å². The Labute approximate surface area is 143 Å². The average Bonchev–Trinajstić information content (AvgIpc) is 3.33. The Morgan fingerprint density at radius 1 is 1.00 bits per heavy atom. The minimum atomic E-state index is -0.930. The molecule has 0 spiro atoms. The summed E-state index contributed by atoms with van der Waals surface area (Å²) >= 11 is 0. The van der Waals surface area contributed by atoms with Crippen LogP contribution in [0.3, 0.4) is 0 Å². The largest absolute Gasteiger partial charge is 0.467 e. The lowest BCUT2D eigenvalue weighted by Gasteiger charge is -2.10. The number of carbonyl (C=O) groups excluding carboxylic acids is 2. The number of benzene rings is 1. The van der Waals surface area contributed by atoms with Crippen molar-refractivity contribution in [2.24, 2.45) is 0 Å². The molecule has 25 heavy (non-hydrogen) atoms. The van der Waals surface area contributed by atoms with Crippen molar-refractivity contribution in [3.63, 3.8) is 0 Å². The number of carbonyl (C=O) groups is 2. The third-order valence-corrected chi connectivity index (χ3v) is 3.46. The number of furan rings is 2. The van der Waals surface area contributed by atoms with Crippen LogP contribution in [0.2, 0.25) is 0 Å². The van der Waals surface area contributed by atoms with Gasteiger partial charge in [0.25, 0.3) is 11.8 Å². The summed E-state index contributed by atoms with van der Waals surface area (Å²) in [5, 5.41) is 15.2. The smallest absolute Gasteiger partial charge is 0.291 e. The van der Waals surface area contributed by atoms with Crippen molar-refractivity contribution in [1.29, 1.82) is 0 Å². The fourth-order valence-corrected chi connectivity index (χ4v) is 2.21. The number of anilines is 1. The van der Waals surface area contributed by atoms with Crippen molar-refractivity contribution < 1.29 is 23.5 Å². The molecule has 0 aliphatic heterocycles. The zero-order chi connectivity index (χ0) is 17.6. The molecule has 2 heterocycles. The Morgan fingerprint density at radius 2 is 1.80 bits per heavy atom. The number of aliphatic hydroxyl groups excluding tert-OH is 1. The first-order valence-electron chi connectivity index (χ1n) is 7.58. The Balaban J connectivity index is 1.60. The Kier molecular flexibility index (Phi) is 4.96. The molecule has 1 atom stereocenters. The maximum Gasteiger partial charge on any atom is 0.291 e. The van der Waals surface area contributed by atoms with Gasteiger partial charge in [0.2, 0.25) is 0 Å². The molecule has 3 N–H and O–H groups in total. The van der Waals surface area contributed by atoms with Crippen LogP contribution in [0.5, 0.6) is 0 Å². The van der Waals surface area contributed by atoms with Gasteiger partial charge in [0.1, 0.15) is 11.9 Å². The third kappa shape index (κ3) is 4.15. The molecule has 0 fully saturated rings. The van der Waals surface area contributed by atoms with E-state index in [0.29, 0.717) is 17.0 Å². The van der Waals surface area contributed by atoms with Gasteiger partial charge in [0, 0.05) is 11.3 Å². The summed E-state index contributed by atoms with van der Waals surface area (Å²) in [4.78, 5) is 24.2. The van der Waals surface area contributed by atoms with Gasteiger partial charge in [-0.15, -0.1) is 0 Å². The lowest BCUT2D eigenvalue weighted by Crippen LogP contribution is -2.28. The summed E-state index contributed by atoms with van der Waals surface area (Å²) < 4.78 is 10.1. The molecule has 1 aromatic carbocycles. The van der Waals surface area contributed by atoms with E-state index in [-0.39, 0.29) is 18.2 Å². The van der Waals surface area contributed by atoms with E-state index in [4.69, 9.17) is 8.83 Å². The quantitative estimate of drug-likeness (QED) is 0.640. The highest BCUT2D eigenvalue weighted by Crippen LogP contribution is 2.14. The Hall–Kier alpha value is -3.32. The Morgan fingerprint density at radius 3 is 2.52 bits per heavy atom. The lowest BCUT2D eigenvalue weighted by atomic mass is 10.1. The molecule has 0 saturated heterocycles. The van der Waals surface area contributed by atoms with Crippen molar-refractivity contribution in [2.45, 2.75) is 6.10 Å². The first kappa shape index (κ1) is 16.5. The van der Waals surface area contributed by atoms with Crippen LogP contribution in [-0.2, 0) is 0 Å². The van der Waals surface area contributed by atoms with E-state index < -0.39 is 12.0 Å². The zero-order valence-electron chi connectivity index (χ0n) is 13.1. The number of amides is 2. The first-order valence-corrected chi connectivity index (χ1v) is 7.58. The topological polar surface area (TPSA) is 105 Å². The molecule has 0 aliphatic carbocycles. The molecule has 7 nitrogen and oxygen atoms in total. The summed E-state index contributed by atoms with van der Waals surface area (Å²) in [5.41, 5.74) is 0.810. The SMILES string of the molecule is O=C(NCC(O)c1ccco1)c1cccc(NC(=O)c2ccco2)c1. The number of nitrogens with one attached hydrogen (secondary N) is 2. The molecule has 0 aliphatic rings. The monoisotopic (exact) mass is 340 g/mol. The minimum absolute atomic E-state index is 0.00925. The highest BCUT2D eigenvalue weighted by atomic mass is 16.4. The Bertz CT molecular complexity index is 840. The molecular formula is C18H16N2O5. The summed E-state index contributed by atoms with van der Waals surface area (Å²) in [7, 11) is 0. The second kappa shape index (κ2) is 7.50. The van der Waals surface area contributed by atoms with Gasteiger partial charge in [-0.3, -0.25) is 9.59 Å². The number of hydrogen-bond acceptors (Lipinski definition) is 5. The summed E-state index contributed by atoms with van der Waals surface area (Å²) in [6.07, 6.45) is 1.93. The van der Waals surface area contributed by atoms with E-state index in [0.717, 1.165) is 0 Å². The van der Waals surface area contributed by atoms with Crippen molar-refractivity contribution in [3.05, 3.63) is 78.1 Å². The number of hydrogen-bond donors (Lipinski definition) is 3. The molecule has 0 radical (unpaired) electrons. The molecule has 7 heteroatoms. The van der Waals surface area contributed by atoms with Gasteiger partial charge in [-0.1, -0.05) is 6.07 Å². The highest BCUT2D eigenvalue weighted by Gasteiger charge is 2.14. The van der Waals surface area contributed by atoms with Gasteiger partial charge in [-0.25, -0.2) is 0 Å².